The number of non-ortho nitro benzene ring substituents is 1. The molecule has 0 aliphatic rings. The van der Waals surface area contributed by atoms with E-state index < -0.39 is 10.9 Å². The quantitative estimate of drug-likeness (QED) is 0.348. The Bertz CT molecular complexity index is 466. The van der Waals surface area contributed by atoms with Crippen molar-refractivity contribution in [2.24, 2.45) is 0 Å². The average molecular weight is 235 g/mol. The fourth-order valence-corrected chi connectivity index (χ4v) is 1.31. The summed E-state index contributed by atoms with van der Waals surface area (Å²) >= 11 is 0. The molecule has 1 aromatic rings. The molecule has 17 heavy (non-hydrogen) atoms. The van der Waals surface area contributed by atoms with E-state index in [4.69, 9.17) is 4.74 Å². The van der Waals surface area contributed by atoms with Crippen molar-refractivity contribution in [1.29, 1.82) is 0 Å². The molecule has 0 fully saturated rings. The number of benzene rings is 1. The zero-order chi connectivity index (χ0) is 12.8. The number of hydrogen-bond acceptors (Lipinski definition) is 4. The van der Waals surface area contributed by atoms with Gasteiger partial charge in [-0.2, -0.15) is 0 Å². The van der Waals surface area contributed by atoms with Crippen molar-refractivity contribution in [3.05, 3.63) is 45.5 Å². The molecular weight excluding hydrogens is 222 g/mol. The molecule has 0 radical (unpaired) electrons. The number of nitrogens with zero attached hydrogens (tertiary/aromatic N) is 1. The Labute approximate surface area is 98.9 Å². The van der Waals surface area contributed by atoms with E-state index in [1.807, 2.05) is 0 Å². The van der Waals surface area contributed by atoms with Gasteiger partial charge in [-0.3, -0.25) is 10.1 Å². The van der Waals surface area contributed by atoms with Crippen molar-refractivity contribution in [2.45, 2.75) is 13.8 Å². The Hall–Kier alpha value is -2.17. The molecule has 0 saturated heterocycles. The van der Waals surface area contributed by atoms with Gasteiger partial charge in [0.25, 0.3) is 5.69 Å². The van der Waals surface area contributed by atoms with E-state index in [0.29, 0.717) is 6.61 Å². The minimum Gasteiger partial charge on any atom is -0.463 e. The molecule has 0 aliphatic heterocycles. The summed E-state index contributed by atoms with van der Waals surface area (Å²) in [4.78, 5) is 21.2. The van der Waals surface area contributed by atoms with Gasteiger partial charge in [0.15, 0.2) is 0 Å². The summed E-state index contributed by atoms with van der Waals surface area (Å²) in [7, 11) is 0. The Morgan fingerprint density at radius 2 is 2.24 bits per heavy atom. The molecule has 0 aromatic heterocycles. The van der Waals surface area contributed by atoms with Crippen molar-refractivity contribution >= 4 is 17.7 Å². The summed E-state index contributed by atoms with van der Waals surface area (Å²) < 4.78 is 4.73. The van der Waals surface area contributed by atoms with Gasteiger partial charge in [0.1, 0.15) is 0 Å². The Morgan fingerprint density at radius 3 is 2.76 bits per heavy atom. The van der Waals surface area contributed by atoms with E-state index in [-0.39, 0.29) is 5.69 Å². The second kappa shape index (κ2) is 5.79. The van der Waals surface area contributed by atoms with E-state index in [9.17, 15) is 14.9 Å². The molecule has 0 unspecified atom stereocenters. The third kappa shape index (κ3) is 3.71. The fourth-order valence-electron chi connectivity index (χ4n) is 1.31. The third-order valence-corrected chi connectivity index (χ3v) is 2.15. The first-order chi connectivity index (χ1) is 8.04. The summed E-state index contributed by atoms with van der Waals surface area (Å²) in [5, 5.41) is 10.5. The van der Waals surface area contributed by atoms with Crippen molar-refractivity contribution in [2.75, 3.05) is 6.61 Å². The molecule has 0 bridgehead atoms. The number of carbonyl (C=O) groups is 1. The zero-order valence-corrected chi connectivity index (χ0v) is 9.67. The first-order valence-electron chi connectivity index (χ1n) is 5.14. The largest absolute Gasteiger partial charge is 0.463 e. The van der Waals surface area contributed by atoms with Gasteiger partial charge in [-0.05, 0) is 37.1 Å². The van der Waals surface area contributed by atoms with Crippen LogP contribution in [0.15, 0.2) is 24.3 Å². The highest BCUT2D eigenvalue weighted by molar-refractivity contribution is 5.87. The highest BCUT2D eigenvalue weighted by Gasteiger charge is 2.06. The van der Waals surface area contributed by atoms with Gasteiger partial charge in [0.05, 0.1) is 11.5 Å². The summed E-state index contributed by atoms with van der Waals surface area (Å²) in [5.74, 6) is -0.426. The smallest absolute Gasteiger partial charge is 0.330 e. The number of nitro groups is 1. The zero-order valence-electron chi connectivity index (χ0n) is 9.67. The van der Waals surface area contributed by atoms with Gasteiger partial charge < -0.3 is 4.74 Å². The van der Waals surface area contributed by atoms with Crippen LogP contribution in [0, 0.1) is 17.0 Å². The molecule has 0 saturated carbocycles. The van der Waals surface area contributed by atoms with Crippen molar-refractivity contribution in [3.63, 3.8) is 0 Å². The number of hydrogen-bond donors (Lipinski definition) is 0. The minimum atomic E-state index is -0.453. The second-order valence-electron chi connectivity index (χ2n) is 3.38. The lowest BCUT2D eigenvalue weighted by atomic mass is 10.1. The van der Waals surface area contributed by atoms with E-state index in [1.54, 1.807) is 26.0 Å². The Kier molecular flexibility index (Phi) is 4.39. The van der Waals surface area contributed by atoms with Crippen LogP contribution in [-0.2, 0) is 9.53 Å². The van der Waals surface area contributed by atoms with Gasteiger partial charge in [0.2, 0.25) is 0 Å². The van der Waals surface area contributed by atoms with E-state index >= 15 is 0 Å². The Morgan fingerprint density at radius 1 is 1.53 bits per heavy atom. The topological polar surface area (TPSA) is 69.4 Å². The molecule has 0 atom stereocenters. The molecule has 0 aliphatic carbocycles. The monoisotopic (exact) mass is 235 g/mol. The van der Waals surface area contributed by atoms with Crippen molar-refractivity contribution < 1.29 is 14.5 Å². The number of esters is 1. The van der Waals surface area contributed by atoms with Crippen LogP contribution in [0.4, 0.5) is 5.69 Å². The van der Waals surface area contributed by atoms with Gasteiger partial charge >= 0.3 is 5.97 Å². The summed E-state index contributed by atoms with van der Waals surface area (Å²) in [6, 6.07) is 4.46. The van der Waals surface area contributed by atoms with Crippen LogP contribution in [-0.4, -0.2) is 17.5 Å². The van der Waals surface area contributed by atoms with Crippen LogP contribution in [0.25, 0.3) is 6.08 Å². The molecule has 1 aromatic carbocycles. The fraction of sp³-hybridized carbons (Fsp3) is 0.250. The highest BCUT2D eigenvalue weighted by atomic mass is 16.6. The molecule has 0 N–H and O–H groups in total. The van der Waals surface area contributed by atoms with Crippen LogP contribution in [0.5, 0.6) is 0 Å². The van der Waals surface area contributed by atoms with Crippen LogP contribution >= 0.6 is 0 Å². The lowest BCUT2D eigenvalue weighted by molar-refractivity contribution is -0.384. The van der Waals surface area contributed by atoms with Crippen LogP contribution in [0.3, 0.4) is 0 Å². The van der Waals surface area contributed by atoms with Gasteiger partial charge in [-0.1, -0.05) is 0 Å². The third-order valence-electron chi connectivity index (χ3n) is 2.15. The lowest BCUT2D eigenvalue weighted by Crippen LogP contribution is -1.98. The predicted molar refractivity (Wildman–Crippen MR) is 63.5 cm³/mol. The molecule has 0 spiro atoms. The first kappa shape index (κ1) is 12.9. The number of ether oxygens (including phenoxy) is 1. The molecular formula is C12H13NO4. The minimum absolute atomic E-state index is 0.0378. The molecule has 0 heterocycles. The number of nitro benzene ring substituents is 1. The summed E-state index contributed by atoms with van der Waals surface area (Å²) in [6.07, 6.45) is 2.88. The molecule has 0 amide bonds. The standard InChI is InChI=1S/C12H13NO4/c1-3-17-12(14)7-5-10-4-6-11(13(15)16)8-9(10)2/h4-8H,3H2,1-2H3/b7-5+. The summed E-state index contributed by atoms with van der Waals surface area (Å²) in [6.45, 7) is 3.79. The second-order valence-corrected chi connectivity index (χ2v) is 3.38. The summed E-state index contributed by atoms with van der Waals surface area (Å²) in [5.41, 5.74) is 1.53. The maximum Gasteiger partial charge on any atom is 0.330 e. The average Bonchev–Trinajstić information content (AvgIpc) is 2.27. The Balaban J connectivity index is 2.86. The molecule has 5 heteroatoms. The maximum atomic E-state index is 11.1. The maximum absolute atomic E-state index is 11.1. The predicted octanol–water partition coefficient (Wildman–Crippen LogP) is 2.48. The van der Waals surface area contributed by atoms with Gasteiger partial charge in [-0.15, -0.1) is 0 Å². The van der Waals surface area contributed by atoms with E-state index in [2.05, 4.69) is 0 Å². The van der Waals surface area contributed by atoms with Crippen LogP contribution in [0.1, 0.15) is 18.1 Å². The highest BCUT2D eigenvalue weighted by Crippen LogP contribution is 2.18. The van der Waals surface area contributed by atoms with E-state index in [0.717, 1.165) is 11.1 Å². The van der Waals surface area contributed by atoms with Crippen LogP contribution in [0.2, 0.25) is 0 Å². The van der Waals surface area contributed by atoms with Gasteiger partial charge in [-0.25, -0.2) is 4.79 Å². The van der Waals surface area contributed by atoms with Gasteiger partial charge in [0, 0.05) is 18.2 Å². The molecule has 90 valence electrons. The number of aryl methyl sites for hydroxylation is 1. The van der Waals surface area contributed by atoms with Crippen LogP contribution < -0.4 is 0 Å². The normalized spacial score (nSPS) is 10.5. The molecule has 1 rings (SSSR count). The van der Waals surface area contributed by atoms with Crippen molar-refractivity contribution in [1.82, 2.24) is 0 Å². The SMILES string of the molecule is CCOC(=O)/C=C/c1ccc([N+](=O)[O-])cc1C. The lowest BCUT2D eigenvalue weighted by Gasteiger charge is -2.00. The first-order valence-corrected chi connectivity index (χ1v) is 5.14. The number of rotatable bonds is 4. The number of carbonyl (C=O) groups excluding carboxylic acids is 1. The van der Waals surface area contributed by atoms with E-state index in [1.165, 1.54) is 18.2 Å². The molecule has 5 nitrogen and oxygen atoms in total. The van der Waals surface area contributed by atoms with Crippen molar-refractivity contribution in [3.8, 4) is 0 Å².